The van der Waals surface area contributed by atoms with Gasteiger partial charge in [-0.2, -0.15) is 18.2 Å². The normalized spacial score (nSPS) is 22.3. The number of hydrogen-bond donors (Lipinski definition) is 2. The maximum absolute atomic E-state index is 13.0. The van der Waals surface area contributed by atoms with Crippen molar-refractivity contribution in [3.05, 3.63) is 41.9 Å². The van der Waals surface area contributed by atoms with Crippen LogP contribution in [0.5, 0.6) is 0 Å². The first-order chi connectivity index (χ1) is 25.4. The molecular weight excluding hydrogens is 705 g/mol. The van der Waals surface area contributed by atoms with E-state index in [1.54, 1.807) is 25.2 Å². The zero-order valence-corrected chi connectivity index (χ0v) is 31.7. The van der Waals surface area contributed by atoms with Crippen LogP contribution in [0.4, 0.5) is 29.7 Å². The Bertz CT molecular complexity index is 1820. The third-order valence-electron chi connectivity index (χ3n) is 11.1. The van der Waals surface area contributed by atoms with E-state index in [0.717, 1.165) is 82.2 Å². The molecular formula is C38H51F3N8O5. The minimum Gasteiger partial charge on any atom is -0.475 e. The van der Waals surface area contributed by atoms with Gasteiger partial charge < -0.3 is 34.4 Å². The molecule has 2 amide bonds. The molecule has 2 saturated carbocycles. The molecule has 2 saturated heterocycles. The van der Waals surface area contributed by atoms with Crippen LogP contribution in [-0.2, 0) is 9.53 Å². The average molecular weight is 757 g/mol. The van der Waals surface area contributed by atoms with Gasteiger partial charge in [0.25, 0.3) is 5.91 Å². The summed E-state index contributed by atoms with van der Waals surface area (Å²) in [5.41, 5.74) is 2.36. The Kier molecular flexibility index (Phi) is 11.1. The van der Waals surface area contributed by atoms with Crippen molar-refractivity contribution in [1.82, 2.24) is 34.2 Å². The number of ether oxygens (including phenoxy) is 1. The average Bonchev–Trinajstić information content (AvgIpc) is 3.73. The highest BCUT2D eigenvalue weighted by atomic mass is 19.4. The molecule has 2 aliphatic carbocycles. The lowest BCUT2D eigenvalue weighted by molar-refractivity contribution is -0.192. The molecule has 0 aromatic carbocycles. The lowest BCUT2D eigenvalue weighted by Crippen LogP contribution is -2.69. The van der Waals surface area contributed by atoms with Crippen LogP contribution in [0.1, 0.15) is 107 Å². The molecule has 2 aliphatic heterocycles. The summed E-state index contributed by atoms with van der Waals surface area (Å²) in [6.45, 7) is 9.94. The third kappa shape index (κ3) is 8.74. The van der Waals surface area contributed by atoms with E-state index in [1.807, 2.05) is 44.0 Å². The van der Waals surface area contributed by atoms with Gasteiger partial charge in [-0.15, -0.1) is 0 Å². The number of piperidine rings is 1. The van der Waals surface area contributed by atoms with Gasteiger partial charge >= 0.3 is 18.2 Å². The third-order valence-corrected chi connectivity index (χ3v) is 11.1. The second-order valence-electron chi connectivity index (χ2n) is 16.4. The summed E-state index contributed by atoms with van der Waals surface area (Å²) in [5, 5.41) is 11.3. The molecule has 3 aromatic rings. The van der Waals surface area contributed by atoms with Gasteiger partial charge in [0.2, 0.25) is 5.95 Å². The Hall–Kier alpha value is -4.47. The van der Waals surface area contributed by atoms with E-state index in [-0.39, 0.29) is 23.6 Å². The topological polar surface area (TPSA) is 146 Å². The van der Waals surface area contributed by atoms with Crippen LogP contribution in [0, 0.1) is 5.92 Å². The van der Waals surface area contributed by atoms with Crippen molar-refractivity contribution in [3.63, 3.8) is 0 Å². The van der Waals surface area contributed by atoms with E-state index in [2.05, 4.69) is 25.8 Å². The van der Waals surface area contributed by atoms with E-state index in [9.17, 15) is 22.8 Å². The fourth-order valence-corrected chi connectivity index (χ4v) is 8.35. The van der Waals surface area contributed by atoms with Crippen LogP contribution >= 0.6 is 0 Å². The van der Waals surface area contributed by atoms with E-state index >= 15 is 0 Å². The van der Waals surface area contributed by atoms with Crippen LogP contribution < -0.4 is 5.32 Å². The quantitative estimate of drug-likeness (QED) is 0.259. The molecule has 0 bridgehead atoms. The highest BCUT2D eigenvalue weighted by Gasteiger charge is 2.56. The summed E-state index contributed by atoms with van der Waals surface area (Å²) in [7, 11) is 3.58. The standard InChI is InChI=1S/C36H50N8O3.C2HF3O2/c1-35(2,3)47-34(46)43-17-14-36(43)19-24(20-36)23-42-15-12-25(13-16-42)26-10-11-30(37-21-26)39-33-38-22-27-18-29(32(45)41(4)5)44(31(27)40-33)28-8-6-7-9-28;3-2(4,5)1(6)7/h10-11,18,21-22,24-25,28H,6-9,12-17,19-20,23H2,1-5H3,(H,37,38,39,40);(H,6,7). The molecule has 294 valence electrons. The van der Waals surface area contributed by atoms with Crippen molar-refractivity contribution < 1.29 is 37.4 Å². The molecule has 0 radical (unpaired) electrons. The Morgan fingerprint density at radius 1 is 1.00 bits per heavy atom. The summed E-state index contributed by atoms with van der Waals surface area (Å²) in [6, 6.07) is 6.41. The Morgan fingerprint density at radius 3 is 2.20 bits per heavy atom. The van der Waals surface area contributed by atoms with Crippen molar-refractivity contribution in [3.8, 4) is 0 Å². The van der Waals surface area contributed by atoms with Crippen LogP contribution in [-0.4, -0.2) is 115 Å². The number of hydrogen-bond acceptors (Lipinski definition) is 9. The van der Waals surface area contributed by atoms with Crippen molar-refractivity contribution in [2.24, 2.45) is 5.92 Å². The monoisotopic (exact) mass is 756 g/mol. The number of nitrogens with one attached hydrogen (secondary N) is 1. The molecule has 1 spiro atoms. The van der Waals surface area contributed by atoms with Gasteiger partial charge in [0.15, 0.2) is 0 Å². The zero-order valence-electron chi connectivity index (χ0n) is 31.7. The summed E-state index contributed by atoms with van der Waals surface area (Å²) in [4.78, 5) is 55.0. The summed E-state index contributed by atoms with van der Waals surface area (Å²) < 4.78 is 39.5. The highest BCUT2D eigenvalue weighted by Crippen LogP contribution is 2.51. The van der Waals surface area contributed by atoms with Crippen LogP contribution in [0.25, 0.3) is 11.0 Å². The molecule has 4 aliphatic rings. The summed E-state index contributed by atoms with van der Waals surface area (Å²) >= 11 is 0. The lowest BCUT2D eigenvalue weighted by Gasteiger charge is -2.61. The van der Waals surface area contributed by atoms with Gasteiger partial charge in [0, 0.05) is 56.5 Å². The van der Waals surface area contributed by atoms with Crippen molar-refractivity contribution in [1.29, 1.82) is 0 Å². The van der Waals surface area contributed by atoms with Gasteiger partial charge in [-0.25, -0.2) is 19.6 Å². The van der Waals surface area contributed by atoms with Gasteiger partial charge in [0.05, 0.1) is 0 Å². The fraction of sp³-hybridized carbons (Fsp3) is 0.632. The minimum atomic E-state index is -5.08. The van der Waals surface area contributed by atoms with Crippen LogP contribution in [0.2, 0.25) is 0 Å². The van der Waals surface area contributed by atoms with Gasteiger partial charge in [-0.05, 0) is 108 Å². The molecule has 3 aromatic heterocycles. The maximum atomic E-state index is 13.0. The molecule has 54 heavy (non-hydrogen) atoms. The second-order valence-corrected chi connectivity index (χ2v) is 16.4. The van der Waals surface area contributed by atoms with Gasteiger partial charge in [-0.1, -0.05) is 18.9 Å². The van der Waals surface area contributed by atoms with Crippen molar-refractivity contribution >= 4 is 40.8 Å². The van der Waals surface area contributed by atoms with E-state index in [1.165, 1.54) is 18.4 Å². The molecule has 5 heterocycles. The van der Waals surface area contributed by atoms with Crippen molar-refractivity contribution in [2.45, 2.75) is 108 Å². The molecule has 2 N–H and O–H groups in total. The summed E-state index contributed by atoms with van der Waals surface area (Å²) in [5.74, 6) is -0.404. The number of carboxylic acid groups (broad SMARTS) is 1. The predicted octanol–water partition coefficient (Wildman–Crippen LogP) is 6.99. The lowest BCUT2D eigenvalue weighted by atomic mass is 9.61. The first-order valence-corrected chi connectivity index (χ1v) is 18.8. The molecule has 4 fully saturated rings. The largest absolute Gasteiger partial charge is 0.490 e. The number of aromatic nitrogens is 4. The number of alkyl halides is 3. The predicted molar refractivity (Wildman–Crippen MR) is 196 cm³/mol. The molecule has 0 atom stereocenters. The number of carboxylic acids is 1. The highest BCUT2D eigenvalue weighted by molar-refractivity contribution is 5.98. The zero-order chi connectivity index (χ0) is 39.0. The first-order valence-electron chi connectivity index (χ1n) is 18.8. The molecule has 16 heteroatoms. The van der Waals surface area contributed by atoms with Gasteiger partial charge in [0.1, 0.15) is 22.8 Å². The molecule has 0 unspecified atom stereocenters. The first kappa shape index (κ1) is 39.2. The number of carbonyl (C=O) groups excluding carboxylic acids is 2. The Labute approximate surface area is 313 Å². The van der Waals surface area contributed by atoms with E-state index < -0.39 is 17.7 Å². The number of carbonyl (C=O) groups is 3. The number of amides is 2. The van der Waals surface area contributed by atoms with Gasteiger partial charge in [-0.3, -0.25) is 4.79 Å². The van der Waals surface area contributed by atoms with Crippen LogP contribution in [0.3, 0.4) is 0 Å². The molecule has 13 nitrogen and oxygen atoms in total. The van der Waals surface area contributed by atoms with E-state index in [0.29, 0.717) is 29.3 Å². The summed E-state index contributed by atoms with van der Waals surface area (Å²) in [6.07, 6.45) is 8.58. The number of pyridine rings is 1. The smallest absolute Gasteiger partial charge is 0.475 e. The number of likely N-dealkylation sites (tertiary alicyclic amines) is 2. The fourth-order valence-electron chi connectivity index (χ4n) is 8.35. The Balaban J connectivity index is 0.000000649. The number of aliphatic carboxylic acids is 1. The van der Waals surface area contributed by atoms with Crippen LogP contribution in [0.15, 0.2) is 30.6 Å². The SMILES string of the molecule is CN(C)C(=O)c1cc2cnc(Nc3ccc(C4CCN(CC5CC6(CCN6C(=O)OC(C)(C)C)C5)CC4)cn3)nc2n1C1CCCC1.O=C(O)C(F)(F)F. The maximum Gasteiger partial charge on any atom is 0.490 e. The number of halogens is 3. The number of rotatable bonds is 7. The Morgan fingerprint density at radius 2 is 1.67 bits per heavy atom. The van der Waals surface area contributed by atoms with E-state index in [4.69, 9.17) is 24.6 Å². The number of fused-ring (bicyclic) bond motifs is 1. The second kappa shape index (κ2) is 15.3. The van der Waals surface area contributed by atoms with Crippen molar-refractivity contribution in [2.75, 3.05) is 45.6 Å². The molecule has 7 rings (SSSR count). The number of anilines is 2. The minimum absolute atomic E-state index is 0.00998. The number of nitrogens with zero attached hydrogens (tertiary/aromatic N) is 7.